The van der Waals surface area contributed by atoms with Crippen molar-refractivity contribution in [2.24, 2.45) is 5.73 Å². The summed E-state index contributed by atoms with van der Waals surface area (Å²) in [6, 6.07) is 14.0. The Labute approximate surface area is 145 Å². The Morgan fingerprint density at radius 3 is 2.54 bits per heavy atom. The van der Waals surface area contributed by atoms with E-state index in [1.807, 2.05) is 12.1 Å². The highest BCUT2D eigenvalue weighted by Crippen LogP contribution is 2.30. The lowest BCUT2D eigenvalue weighted by atomic mass is 10.2. The van der Waals surface area contributed by atoms with Crippen LogP contribution in [0.25, 0.3) is 11.0 Å². The van der Waals surface area contributed by atoms with E-state index in [0.29, 0.717) is 16.7 Å². The van der Waals surface area contributed by atoms with Crippen molar-refractivity contribution in [3.05, 3.63) is 58.8 Å². The molecule has 0 saturated heterocycles. The fourth-order valence-electron chi connectivity index (χ4n) is 2.20. The molecule has 122 valence electrons. The number of hydrogen-bond acceptors (Lipinski definition) is 4. The van der Waals surface area contributed by atoms with Gasteiger partial charge in [0.05, 0.1) is 0 Å². The molecular formula is C17H13BrN2O4. The number of nitrogens with one attached hydrogen (secondary N) is 1. The number of carbonyl (C=O) groups is 2. The highest BCUT2D eigenvalue weighted by atomic mass is 79.9. The first-order chi connectivity index (χ1) is 11.5. The first kappa shape index (κ1) is 16.1. The van der Waals surface area contributed by atoms with E-state index in [1.54, 1.807) is 36.4 Å². The van der Waals surface area contributed by atoms with Crippen LogP contribution in [0.5, 0.6) is 5.75 Å². The molecule has 7 heteroatoms. The van der Waals surface area contributed by atoms with Crippen molar-refractivity contribution in [3.63, 3.8) is 0 Å². The minimum atomic E-state index is -0.754. The summed E-state index contributed by atoms with van der Waals surface area (Å²) >= 11 is 3.32. The van der Waals surface area contributed by atoms with Crippen LogP contribution < -0.4 is 15.8 Å². The van der Waals surface area contributed by atoms with Crippen molar-refractivity contribution in [1.29, 1.82) is 0 Å². The fraction of sp³-hybridized carbons (Fsp3) is 0.0588. The van der Waals surface area contributed by atoms with Gasteiger partial charge in [0.2, 0.25) is 5.76 Å². The minimum absolute atomic E-state index is 0.0896. The number of benzene rings is 2. The van der Waals surface area contributed by atoms with Crippen molar-refractivity contribution in [2.45, 2.75) is 0 Å². The fourth-order valence-corrected chi connectivity index (χ4v) is 2.46. The van der Waals surface area contributed by atoms with Crippen LogP contribution in [0.15, 0.2) is 57.4 Å². The van der Waals surface area contributed by atoms with Gasteiger partial charge in [0.15, 0.2) is 6.61 Å². The van der Waals surface area contributed by atoms with Crippen molar-refractivity contribution >= 4 is 44.4 Å². The Bertz CT molecular complexity index is 903. The Hall–Kier alpha value is -2.80. The number of halogens is 1. The molecule has 0 bridgehead atoms. The molecule has 0 aliphatic rings. The highest BCUT2D eigenvalue weighted by Gasteiger charge is 2.20. The zero-order valence-electron chi connectivity index (χ0n) is 12.4. The summed E-state index contributed by atoms with van der Waals surface area (Å²) in [5.74, 6) is -0.712. The summed E-state index contributed by atoms with van der Waals surface area (Å²) in [7, 11) is 0. The van der Waals surface area contributed by atoms with Crippen molar-refractivity contribution in [2.75, 3.05) is 11.9 Å². The van der Waals surface area contributed by atoms with E-state index in [0.717, 1.165) is 4.47 Å². The van der Waals surface area contributed by atoms with Gasteiger partial charge >= 0.3 is 0 Å². The molecule has 6 nitrogen and oxygen atoms in total. The van der Waals surface area contributed by atoms with Crippen molar-refractivity contribution in [1.82, 2.24) is 0 Å². The van der Waals surface area contributed by atoms with E-state index in [1.165, 1.54) is 0 Å². The number of fused-ring (bicyclic) bond motifs is 1. The maximum absolute atomic E-state index is 12.1. The lowest BCUT2D eigenvalue weighted by molar-refractivity contribution is -0.118. The average Bonchev–Trinajstić information content (AvgIpc) is 2.93. The number of primary amides is 1. The first-order valence-corrected chi connectivity index (χ1v) is 7.83. The molecule has 0 unspecified atom stereocenters. The molecule has 3 N–H and O–H groups in total. The third kappa shape index (κ3) is 3.41. The largest absolute Gasteiger partial charge is 0.484 e. The quantitative estimate of drug-likeness (QED) is 0.700. The number of hydrogen-bond donors (Lipinski definition) is 2. The van der Waals surface area contributed by atoms with E-state index in [-0.39, 0.29) is 18.1 Å². The van der Waals surface area contributed by atoms with Gasteiger partial charge in [-0.2, -0.15) is 0 Å². The van der Waals surface area contributed by atoms with Gasteiger partial charge in [0, 0.05) is 9.86 Å². The first-order valence-electron chi connectivity index (χ1n) is 7.04. The van der Waals surface area contributed by atoms with Gasteiger partial charge in [-0.3, -0.25) is 9.59 Å². The number of furan rings is 1. The SMILES string of the molecule is NC(=O)c1oc2ccccc2c1NC(=O)COc1ccc(Br)cc1. The Morgan fingerprint density at radius 1 is 1.12 bits per heavy atom. The van der Waals surface area contributed by atoms with Gasteiger partial charge in [0.1, 0.15) is 17.0 Å². The van der Waals surface area contributed by atoms with Crippen LogP contribution in [-0.2, 0) is 4.79 Å². The Kier molecular flexibility index (Phi) is 4.52. The summed E-state index contributed by atoms with van der Waals surface area (Å²) in [5, 5.41) is 3.23. The number of para-hydroxylation sites is 1. The molecule has 3 rings (SSSR count). The normalized spacial score (nSPS) is 10.5. The number of nitrogens with two attached hydrogens (primary N) is 1. The third-order valence-electron chi connectivity index (χ3n) is 3.27. The third-order valence-corrected chi connectivity index (χ3v) is 3.80. The van der Waals surface area contributed by atoms with E-state index >= 15 is 0 Å². The molecular weight excluding hydrogens is 376 g/mol. The molecule has 2 amide bonds. The van der Waals surface area contributed by atoms with Crippen LogP contribution in [0.4, 0.5) is 5.69 Å². The van der Waals surface area contributed by atoms with Gasteiger partial charge < -0.3 is 20.2 Å². The summed E-state index contributed by atoms with van der Waals surface area (Å²) in [4.78, 5) is 23.7. The van der Waals surface area contributed by atoms with Gasteiger partial charge in [-0.05, 0) is 36.4 Å². The second-order valence-corrected chi connectivity index (χ2v) is 5.87. The van der Waals surface area contributed by atoms with E-state index in [9.17, 15) is 9.59 Å². The predicted octanol–water partition coefficient (Wildman–Crippen LogP) is 3.31. The monoisotopic (exact) mass is 388 g/mol. The lowest BCUT2D eigenvalue weighted by Gasteiger charge is -2.07. The molecule has 3 aromatic rings. The van der Waals surface area contributed by atoms with Crippen molar-refractivity contribution < 1.29 is 18.7 Å². The van der Waals surface area contributed by atoms with E-state index in [4.69, 9.17) is 14.9 Å². The van der Waals surface area contributed by atoms with Crippen LogP contribution >= 0.6 is 15.9 Å². The molecule has 24 heavy (non-hydrogen) atoms. The van der Waals surface area contributed by atoms with E-state index < -0.39 is 11.8 Å². The second kappa shape index (κ2) is 6.76. The maximum atomic E-state index is 12.1. The van der Waals surface area contributed by atoms with Crippen LogP contribution in [0.1, 0.15) is 10.6 Å². The topological polar surface area (TPSA) is 94.6 Å². The standard InChI is InChI=1S/C17H13BrN2O4/c18-10-5-7-11(8-6-10)23-9-14(21)20-15-12-3-1-2-4-13(12)24-16(15)17(19)22/h1-8H,9H2,(H2,19,22)(H,20,21). The van der Waals surface area contributed by atoms with Crippen LogP contribution in [0.2, 0.25) is 0 Å². The smallest absolute Gasteiger partial charge is 0.286 e. The zero-order chi connectivity index (χ0) is 17.1. The highest BCUT2D eigenvalue weighted by molar-refractivity contribution is 9.10. The van der Waals surface area contributed by atoms with Gasteiger partial charge in [-0.25, -0.2) is 0 Å². The summed E-state index contributed by atoms with van der Waals surface area (Å²) in [6.45, 7) is -0.209. The predicted molar refractivity (Wildman–Crippen MR) is 93.0 cm³/mol. The molecule has 0 aliphatic carbocycles. The number of anilines is 1. The molecule has 0 spiro atoms. The van der Waals surface area contributed by atoms with Crippen LogP contribution in [0, 0.1) is 0 Å². The molecule has 0 radical (unpaired) electrons. The van der Waals surface area contributed by atoms with Crippen LogP contribution in [0.3, 0.4) is 0 Å². The maximum Gasteiger partial charge on any atom is 0.286 e. The molecule has 0 fully saturated rings. The van der Waals surface area contributed by atoms with Gasteiger partial charge in [-0.1, -0.05) is 28.1 Å². The van der Waals surface area contributed by atoms with Gasteiger partial charge in [-0.15, -0.1) is 0 Å². The number of rotatable bonds is 5. The Morgan fingerprint density at radius 2 is 1.83 bits per heavy atom. The second-order valence-electron chi connectivity index (χ2n) is 4.96. The molecule has 0 saturated carbocycles. The summed E-state index contributed by atoms with van der Waals surface area (Å²) in [5.41, 5.74) is 6.03. The average molecular weight is 389 g/mol. The molecule has 0 aliphatic heterocycles. The van der Waals surface area contributed by atoms with E-state index in [2.05, 4.69) is 21.2 Å². The molecule has 1 aromatic heterocycles. The molecule has 0 atom stereocenters. The van der Waals surface area contributed by atoms with Crippen LogP contribution in [-0.4, -0.2) is 18.4 Å². The van der Waals surface area contributed by atoms with Gasteiger partial charge in [0.25, 0.3) is 11.8 Å². The number of carbonyl (C=O) groups excluding carboxylic acids is 2. The van der Waals surface area contributed by atoms with Crippen molar-refractivity contribution in [3.8, 4) is 5.75 Å². The molecule has 2 aromatic carbocycles. The minimum Gasteiger partial charge on any atom is -0.484 e. The lowest BCUT2D eigenvalue weighted by Crippen LogP contribution is -2.22. The molecule has 1 heterocycles. The summed E-state index contributed by atoms with van der Waals surface area (Å²) in [6.07, 6.45) is 0. The number of ether oxygens (including phenoxy) is 1. The zero-order valence-corrected chi connectivity index (χ0v) is 14.0. The Balaban J connectivity index is 1.76. The summed E-state index contributed by atoms with van der Waals surface area (Å²) < 4.78 is 11.7. The number of amides is 2.